The van der Waals surface area contributed by atoms with Crippen molar-refractivity contribution in [2.24, 2.45) is 10.2 Å². The Morgan fingerprint density at radius 2 is 1.86 bits per heavy atom. The predicted molar refractivity (Wildman–Crippen MR) is 131 cm³/mol. The molecule has 0 amide bonds. The maximum Gasteiger partial charge on any atom is 0.270 e. The number of benzene rings is 1. The molecule has 0 aliphatic carbocycles. The summed E-state index contributed by atoms with van der Waals surface area (Å²) in [5, 5.41) is 18.5. The van der Waals surface area contributed by atoms with Crippen molar-refractivity contribution in [1.82, 2.24) is 25.6 Å². The van der Waals surface area contributed by atoms with Crippen molar-refractivity contribution in [2.45, 2.75) is 12.6 Å². The first-order valence-electron chi connectivity index (χ1n) is 11.7. The molecule has 3 aromatic rings. The average molecular weight is 478 g/mol. The van der Waals surface area contributed by atoms with E-state index in [1.54, 1.807) is 6.20 Å². The molecule has 1 unspecified atom stereocenters. The molecule has 2 saturated heterocycles. The number of pyridine rings is 1. The van der Waals surface area contributed by atoms with Crippen molar-refractivity contribution < 1.29 is 9.13 Å². The third-order valence-corrected chi connectivity index (χ3v) is 5.88. The molecule has 1 atom stereocenters. The van der Waals surface area contributed by atoms with Crippen LogP contribution in [0.4, 0.5) is 27.5 Å². The van der Waals surface area contributed by atoms with Gasteiger partial charge in [0.25, 0.3) is 5.95 Å². The third kappa shape index (κ3) is 6.13. The van der Waals surface area contributed by atoms with Crippen LogP contribution in [-0.4, -0.2) is 60.9 Å². The summed E-state index contributed by atoms with van der Waals surface area (Å²) in [4.78, 5) is 14.4. The number of piperazine rings is 1. The number of aromatic nitrogens is 3. The molecule has 182 valence electrons. The molecule has 3 N–H and O–H groups in total. The van der Waals surface area contributed by atoms with E-state index in [4.69, 9.17) is 4.74 Å². The largest absolute Gasteiger partial charge is 0.378 e. The zero-order valence-corrected chi connectivity index (χ0v) is 19.3. The number of nitrogens with zero attached hydrogens (tertiary/aromatic N) is 6. The number of halogens is 1. The number of morpholine rings is 1. The molecular formula is C24H28FN9O. The molecule has 11 heteroatoms. The second kappa shape index (κ2) is 11.3. The summed E-state index contributed by atoms with van der Waals surface area (Å²) < 4.78 is 19.4. The van der Waals surface area contributed by atoms with E-state index in [0.717, 1.165) is 42.9 Å². The predicted octanol–water partition coefficient (Wildman–Crippen LogP) is 3.11. The first-order chi connectivity index (χ1) is 17.2. The van der Waals surface area contributed by atoms with Crippen LogP contribution in [0.1, 0.15) is 17.3 Å². The van der Waals surface area contributed by atoms with E-state index in [-0.39, 0.29) is 18.3 Å². The van der Waals surface area contributed by atoms with E-state index >= 15 is 0 Å². The monoisotopic (exact) mass is 477 g/mol. The molecule has 2 aliphatic rings. The van der Waals surface area contributed by atoms with Gasteiger partial charge in [0.2, 0.25) is 0 Å². The number of nitrogens with one attached hydrogen (secondary N) is 3. The van der Waals surface area contributed by atoms with Crippen LogP contribution >= 0.6 is 0 Å². The summed E-state index contributed by atoms with van der Waals surface area (Å²) in [6, 6.07) is 12.6. The van der Waals surface area contributed by atoms with Gasteiger partial charge in [-0.3, -0.25) is 4.98 Å². The van der Waals surface area contributed by atoms with Crippen molar-refractivity contribution in [2.75, 3.05) is 56.2 Å². The number of anilines is 3. The summed E-state index contributed by atoms with van der Waals surface area (Å²) in [6.07, 6.45) is 2.89. The smallest absolute Gasteiger partial charge is 0.270 e. The van der Waals surface area contributed by atoms with Crippen molar-refractivity contribution in [1.29, 1.82) is 0 Å². The molecule has 0 saturated carbocycles. The summed E-state index contributed by atoms with van der Waals surface area (Å²) in [6.45, 7) is 5.44. The Kier molecular flexibility index (Phi) is 7.47. The second-order valence-electron chi connectivity index (χ2n) is 8.34. The average Bonchev–Trinajstić information content (AvgIpc) is 2.92. The summed E-state index contributed by atoms with van der Waals surface area (Å²) in [5.74, 6) is -0.132. The highest BCUT2D eigenvalue weighted by Crippen LogP contribution is 2.22. The number of hydrogen-bond donors (Lipinski definition) is 3. The van der Waals surface area contributed by atoms with Gasteiger partial charge in [-0.25, -0.2) is 9.37 Å². The lowest BCUT2D eigenvalue weighted by Gasteiger charge is -2.27. The van der Waals surface area contributed by atoms with Crippen LogP contribution in [-0.2, 0) is 11.3 Å². The van der Waals surface area contributed by atoms with Crippen LogP contribution in [0.25, 0.3) is 0 Å². The fourth-order valence-corrected chi connectivity index (χ4v) is 4.01. The Balaban J connectivity index is 1.15. The highest BCUT2D eigenvalue weighted by Gasteiger charge is 2.18. The molecule has 10 nitrogen and oxygen atoms in total. The lowest BCUT2D eigenvalue weighted by atomic mass is 10.1. The second-order valence-corrected chi connectivity index (χ2v) is 8.34. The Bertz CT molecular complexity index is 1130. The normalized spacial score (nSPS) is 18.7. The SMILES string of the molecule is Fc1cnc(N=NCc2ccc(Nc3ccc(C4CNCCN4)cc3)cn2)nc1N1CCOCC1. The molecule has 2 fully saturated rings. The minimum atomic E-state index is -0.479. The zero-order chi connectivity index (χ0) is 23.9. The molecule has 1 aromatic carbocycles. The molecule has 0 spiro atoms. The van der Waals surface area contributed by atoms with E-state index in [0.29, 0.717) is 32.3 Å². The van der Waals surface area contributed by atoms with E-state index < -0.39 is 5.82 Å². The van der Waals surface area contributed by atoms with Gasteiger partial charge in [0.15, 0.2) is 11.6 Å². The van der Waals surface area contributed by atoms with Gasteiger partial charge < -0.3 is 25.6 Å². The van der Waals surface area contributed by atoms with Crippen LogP contribution in [0.15, 0.2) is 59.0 Å². The van der Waals surface area contributed by atoms with Gasteiger partial charge in [-0.05, 0) is 29.8 Å². The van der Waals surface area contributed by atoms with E-state index in [1.807, 2.05) is 17.0 Å². The minimum absolute atomic E-state index is 0.119. The molecule has 2 aromatic heterocycles. The maximum absolute atomic E-state index is 14.1. The molecule has 4 heterocycles. The number of rotatable bonds is 7. The van der Waals surface area contributed by atoms with Gasteiger partial charge in [-0.2, -0.15) is 10.1 Å². The Hall–Kier alpha value is -3.54. The van der Waals surface area contributed by atoms with Crippen LogP contribution in [0.5, 0.6) is 0 Å². The van der Waals surface area contributed by atoms with E-state index in [2.05, 4.69) is 65.4 Å². The highest BCUT2D eigenvalue weighted by molar-refractivity contribution is 5.59. The van der Waals surface area contributed by atoms with E-state index in [1.165, 1.54) is 5.56 Å². The third-order valence-electron chi connectivity index (χ3n) is 5.88. The summed E-state index contributed by atoms with van der Waals surface area (Å²) >= 11 is 0. The van der Waals surface area contributed by atoms with Gasteiger partial charge in [0.1, 0.15) is 6.54 Å². The molecular weight excluding hydrogens is 449 g/mol. The van der Waals surface area contributed by atoms with Gasteiger partial charge in [0, 0.05) is 44.5 Å². The van der Waals surface area contributed by atoms with E-state index in [9.17, 15) is 4.39 Å². The van der Waals surface area contributed by atoms with Gasteiger partial charge in [-0.15, -0.1) is 5.11 Å². The van der Waals surface area contributed by atoms with Crippen molar-refractivity contribution in [3.63, 3.8) is 0 Å². The number of azo groups is 1. The van der Waals surface area contributed by atoms with Gasteiger partial charge >= 0.3 is 0 Å². The van der Waals surface area contributed by atoms with Crippen molar-refractivity contribution in [3.8, 4) is 0 Å². The van der Waals surface area contributed by atoms with Gasteiger partial charge in [-0.1, -0.05) is 12.1 Å². The van der Waals surface area contributed by atoms with Gasteiger partial charge in [0.05, 0.1) is 37.0 Å². The van der Waals surface area contributed by atoms with Crippen LogP contribution < -0.4 is 20.9 Å². The maximum atomic E-state index is 14.1. The lowest BCUT2D eigenvalue weighted by molar-refractivity contribution is 0.122. The first-order valence-corrected chi connectivity index (χ1v) is 11.7. The number of hydrogen-bond acceptors (Lipinski definition) is 10. The number of ether oxygens (including phenoxy) is 1. The molecule has 5 rings (SSSR count). The molecule has 0 bridgehead atoms. The Labute approximate surface area is 203 Å². The van der Waals surface area contributed by atoms with Crippen molar-refractivity contribution in [3.05, 3.63) is 65.9 Å². The van der Waals surface area contributed by atoms with Crippen molar-refractivity contribution >= 4 is 23.1 Å². The first kappa shape index (κ1) is 23.2. The Morgan fingerprint density at radius 1 is 1.03 bits per heavy atom. The summed E-state index contributed by atoms with van der Waals surface area (Å²) in [5.41, 5.74) is 3.90. The molecule has 0 radical (unpaired) electrons. The Morgan fingerprint density at radius 3 is 2.60 bits per heavy atom. The topological polar surface area (TPSA) is 112 Å². The summed E-state index contributed by atoms with van der Waals surface area (Å²) in [7, 11) is 0. The zero-order valence-electron chi connectivity index (χ0n) is 19.3. The van der Waals surface area contributed by atoms with Crippen LogP contribution in [0.3, 0.4) is 0 Å². The minimum Gasteiger partial charge on any atom is -0.378 e. The highest BCUT2D eigenvalue weighted by atomic mass is 19.1. The van der Waals surface area contributed by atoms with Crippen LogP contribution in [0, 0.1) is 5.82 Å². The quantitative estimate of drug-likeness (QED) is 0.445. The lowest BCUT2D eigenvalue weighted by Crippen LogP contribution is -2.42. The standard InChI is InChI=1S/C24H28FN9O/c25-21-15-29-24(32-23(21)34-9-11-35-12-10-34)33-30-14-19-5-6-20(13-28-19)31-18-3-1-17(2-4-18)22-16-26-7-8-27-22/h1-6,13,15,22,26-27,31H,7-12,14,16H2. The fraction of sp³-hybridized carbons (Fsp3) is 0.375. The van der Waals surface area contributed by atoms with Crippen LogP contribution in [0.2, 0.25) is 0 Å². The fourth-order valence-electron chi connectivity index (χ4n) is 4.01. The molecule has 35 heavy (non-hydrogen) atoms. The molecule has 2 aliphatic heterocycles.